The predicted molar refractivity (Wildman–Crippen MR) is 101 cm³/mol. The molecular weight excluding hydrogens is 384 g/mol. The number of carbonyl (C=O) groups excluding carboxylic acids is 2. The van der Waals surface area contributed by atoms with Crippen LogP contribution in [0.15, 0.2) is 28.7 Å². The van der Waals surface area contributed by atoms with Crippen molar-refractivity contribution in [3.63, 3.8) is 0 Å². The first-order valence-electron chi connectivity index (χ1n) is 8.88. The number of hydrogen-bond donors (Lipinski definition) is 2. The zero-order valence-electron chi connectivity index (χ0n) is 14.3. The summed E-state index contributed by atoms with van der Waals surface area (Å²) in [7, 11) is 0. The highest BCUT2D eigenvalue weighted by Gasteiger charge is 2.45. The number of piperidine rings is 2. The van der Waals surface area contributed by atoms with Gasteiger partial charge in [0.05, 0.1) is 0 Å². The van der Waals surface area contributed by atoms with E-state index in [-0.39, 0.29) is 11.9 Å². The van der Waals surface area contributed by atoms with Gasteiger partial charge in [-0.1, -0.05) is 22.4 Å². The lowest BCUT2D eigenvalue weighted by Gasteiger charge is -2.48. The molecule has 0 unspecified atom stereocenters. The van der Waals surface area contributed by atoms with Gasteiger partial charge in [-0.3, -0.25) is 9.69 Å². The van der Waals surface area contributed by atoms with Gasteiger partial charge in [-0.05, 0) is 63.0 Å². The number of hydrogen-bond acceptors (Lipinski definition) is 3. The Hall–Kier alpha value is -1.60. The van der Waals surface area contributed by atoms with E-state index in [1.807, 2.05) is 24.3 Å². The van der Waals surface area contributed by atoms with Gasteiger partial charge < -0.3 is 16.0 Å². The molecule has 7 heteroatoms. The summed E-state index contributed by atoms with van der Waals surface area (Å²) in [5, 5.41) is 2.91. The first-order valence-corrected chi connectivity index (χ1v) is 9.67. The van der Waals surface area contributed by atoms with Crippen LogP contribution in [-0.4, -0.2) is 53.5 Å². The number of halogens is 1. The lowest BCUT2D eigenvalue weighted by Crippen LogP contribution is -2.64. The Kier molecular flexibility index (Phi) is 5.64. The fourth-order valence-electron chi connectivity index (χ4n) is 3.86. The van der Waals surface area contributed by atoms with E-state index in [0.717, 1.165) is 36.1 Å². The molecule has 6 nitrogen and oxygen atoms in total. The van der Waals surface area contributed by atoms with Crippen molar-refractivity contribution in [1.29, 1.82) is 0 Å². The van der Waals surface area contributed by atoms with Gasteiger partial charge in [0.1, 0.15) is 5.54 Å². The van der Waals surface area contributed by atoms with E-state index in [1.54, 1.807) is 4.90 Å². The van der Waals surface area contributed by atoms with Gasteiger partial charge in [0.15, 0.2) is 0 Å². The summed E-state index contributed by atoms with van der Waals surface area (Å²) in [5.41, 5.74) is 5.96. The molecule has 1 aromatic carbocycles. The third-order valence-electron chi connectivity index (χ3n) is 5.39. The van der Waals surface area contributed by atoms with Crippen molar-refractivity contribution in [2.45, 2.75) is 37.6 Å². The summed E-state index contributed by atoms with van der Waals surface area (Å²) in [5.74, 6) is -0.248. The predicted octanol–water partition coefficient (Wildman–Crippen LogP) is 2.79. The van der Waals surface area contributed by atoms with E-state index in [4.69, 9.17) is 5.73 Å². The van der Waals surface area contributed by atoms with Crippen LogP contribution in [-0.2, 0) is 4.79 Å². The van der Waals surface area contributed by atoms with Crippen molar-refractivity contribution in [3.8, 4) is 0 Å². The quantitative estimate of drug-likeness (QED) is 0.806. The van der Waals surface area contributed by atoms with Gasteiger partial charge in [-0.15, -0.1) is 0 Å². The van der Waals surface area contributed by atoms with Crippen LogP contribution < -0.4 is 11.1 Å². The summed E-state index contributed by atoms with van der Waals surface area (Å²) in [6.07, 6.45) is 4.66. The van der Waals surface area contributed by atoms with Crippen LogP contribution in [0.3, 0.4) is 0 Å². The molecule has 3 N–H and O–H groups in total. The number of carbonyl (C=O) groups is 2. The maximum Gasteiger partial charge on any atom is 0.321 e. The standard InChI is InChI=1S/C18H25BrN4O2/c19-14-4-6-15(7-5-14)21-17(25)22-12-8-18(9-13-22,16(20)24)23-10-2-1-3-11-23/h4-7H,1-3,8-13H2,(H2,20,24)(H,21,25). The average Bonchev–Trinajstić information content (AvgIpc) is 2.64. The number of benzene rings is 1. The number of likely N-dealkylation sites (tertiary alicyclic amines) is 2. The summed E-state index contributed by atoms with van der Waals surface area (Å²) >= 11 is 3.38. The van der Waals surface area contributed by atoms with Crippen molar-refractivity contribution >= 4 is 33.6 Å². The third-order valence-corrected chi connectivity index (χ3v) is 5.92. The van der Waals surface area contributed by atoms with Gasteiger partial charge in [-0.2, -0.15) is 0 Å². The molecule has 0 spiro atoms. The van der Waals surface area contributed by atoms with Crippen LogP contribution in [0.25, 0.3) is 0 Å². The lowest BCUT2D eigenvalue weighted by atomic mass is 9.83. The van der Waals surface area contributed by atoms with Crippen LogP contribution in [0.5, 0.6) is 0 Å². The van der Waals surface area contributed by atoms with E-state index < -0.39 is 5.54 Å². The Morgan fingerprint density at radius 1 is 1.00 bits per heavy atom. The maximum absolute atomic E-state index is 12.5. The van der Waals surface area contributed by atoms with Crippen molar-refractivity contribution in [3.05, 3.63) is 28.7 Å². The first kappa shape index (κ1) is 18.2. The highest BCUT2D eigenvalue weighted by atomic mass is 79.9. The monoisotopic (exact) mass is 408 g/mol. The Morgan fingerprint density at radius 2 is 1.60 bits per heavy atom. The van der Waals surface area contributed by atoms with Crippen LogP contribution in [0.1, 0.15) is 32.1 Å². The topological polar surface area (TPSA) is 78.7 Å². The Bertz CT molecular complexity index is 620. The normalized spacial score (nSPS) is 20.9. The Labute approximate surface area is 156 Å². The molecule has 3 amide bonds. The molecule has 2 heterocycles. The second-order valence-electron chi connectivity index (χ2n) is 6.87. The van der Waals surface area contributed by atoms with Gasteiger partial charge >= 0.3 is 6.03 Å². The summed E-state index contributed by atoms with van der Waals surface area (Å²) in [6.45, 7) is 2.94. The molecule has 0 aliphatic carbocycles. The summed E-state index contributed by atoms with van der Waals surface area (Å²) in [4.78, 5) is 28.7. The number of rotatable bonds is 3. The number of primary amides is 1. The fraction of sp³-hybridized carbons (Fsp3) is 0.556. The minimum atomic E-state index is -0.588. The fourth-order valence-corrected chi connectivity index (χ4v) is 4.12. The van der Waals surface area contributed by atoms with E-state index in [1.165, 1.54) is 6.42 Å². The van der Waals surface area contributed by atoms with Gasteiger partial charge in [0, 0.05) is 23.2 Å². The summed E-state index contributed by atoms with van der Waals surface area (Å²) in [6, 6.07) is 7.36. The Balaban J connectivity index is 1.62. The van der Waals surface area contributed by atoms with Crippen LogP contribution >= 0.6 is 15.9 Å². The second-order valence-corrected chi connectivity index (χ2v) is 7.78. The SMILES string of the molecule is NC(=O)C1(N2CCCCC2)CCN(C(=O)Nc2ccc(Br)cc2)CC1. The minimum absolute atomic E-state index is 0.126. The highest BCUT2D eigenvalue weighted by Crippen LogP contribution is 2.31. The molecular formula is C18H25BrN4O2. The molecule has 0 atom stereocenters. The van der Waals surface area contributed by atoms with Gasteiger partial charge in [-0.25, -0.2) is 4.79 Å². The number of nitrogens with zero attached hydrogens (tertiary/aromatic N) is 2. The van der Waals surface area contributed by atoms with Gasteiger partial charge in [0.25, 0.3) is 0 Å². The molecule has 136 valence electrons. The number of anilines is 1. The van der Waals surface area contributed by atoms with E-state index in [9.17, 15) is 9.59 Å². The zero-order chi connectivity index (χ0) is 17.9. The number of amides is 3. The number of nitrogens with two attached hydrogens (primary N) is 1. The number of urea groups is 1. The molecule has 25 heavy (non-hydrogen) atoms. The van der Waals surface area contributed by atoms with E-state index in [2.05, 4.69) is 26.1 Å². The molecule has 2 fully saturated rings. The maximum atomic E-state index is 12.5. The van der Waals surface area contributed by atoms with Crippen LogP contribution in [0, 0.1) is 0 Å². The van der Waals surface area contributed by atoms with Gasteiger partial charge in [0.2, 0.25) is 5.91 Å². The molecule has 0 aromatic heterocycles. The van der Waals surface area contributed by atoms with Crippen LogP contribution in [0.4, 0.5) is 10.5 Å². The molecule has 0 bridgehead atoms. The first-order chi connectivity index (χ1) is 12.0. The molecule has 2 aliphatic rings. The molecule has 2 saturated heterocycles. The van der Waals surface area contributed by atoms with Crippen molar-refractivity contribution in [2.75, 3.05) is 31.5 Å². The Morgan fingerprint density at radius 3 is 2.16 bits per heavy atom. The second kappa shape index (κ2) is 7.74. The smallest absolute Gasteiger partial charge is 0.321 e. The lowest BCUT2D eigenvalue weighted by molar-refractivity contribution is -0.134. The highest BCUT2D eigenvalue weighted by molar-refractivity contribution is 9.10. The van der Waals surface area contributed by atoms with E-state index in [0.29, 0.717) is 25.9 Å². The number of nitrogens with one attached hydrogen (secondary N) is 1. The van der Waals surface area contributed by atoms with E-state index >= 15 is 0 Å². The zero-order valence-corrected chi connectivity index (χ0v) is 15.9. The molecule has 2 aliphatic heterocycles. The van der Waals surface area contributed by atoms with Crippen molar-refractivity contribution in [1.82, 2.24) is 9.80 Å². The molecule has 1 aromatic rings. The summed E-state index contributed by atoms with van der Waals surface area (Å²) < 4.78 is 0.969. The molecule has 0 radical (unpaired) electrons. The van der Waals surface area contributed by atoms with Crippen LogP contribution in [0.2, 0.25) is 0 Å². The van der Waals surface area contributed by atoms with Crippen molar-refractivity contribution in [2.24, 2.45) is 5.73 Å². The molecule has 3 rings (SSSR count). The largest absolute Gasteiger partial charge is 0.368 e. The average molecular weight is 409 g/mol. The van der Waals surface area contributed by atoms with Crippen molar-refractivity contribution < 1.29 is 9.59 Å². The molecule has 0 saturated carbocycles. The minimum Gasteiger partial charge on any atom is -0.368 e. The third kappa shape index (κ3) is 3.98.